The number of likely N-dealkylation sites (tertiary alicyclic amines) is 1. The number of nitriles is 1. The summed E-state index contributed by atoms with van der Waals surface area (Å²) >= 11 is 1.56. The second-order valence-corrected chi connectivity index (χ2v) is 7.29. The SMILES string of the molecule is CC1C[C@H](C)C[N+]1(C(=O)NCC#N)c1csc(-c2ccccc2)n1. The van der Waals surface area contributed by atoms with Crippen LogP contribution in [0.25, 0.3) is 10.6 Å². The molecule has 0 saturated carbocycles. The van der Waals surface area contributed by atoms with Gasteiger partial charge in [0.1, 0.15) is 17.6 Å². The predicted molar refractivity (Wildman–Crippen MR) is 96.5 cm³/mol. The third-order valence-electron chi connectivity index (χ3n) is 4.70. The number of urea groups is 1. The Labute approximate surface area is 146 Å². The predicted octanol–water partition coefficient (Wildman–Crippen LogP) is 3.78. The Balaban J connectivity index is 2.00. The first-order valence-electron chi connectivity index (χ1n) is 8.12. The summed E-state index contributed by atoms with van der Waals surface area (Å²) in [6.45, 7) is 5.00. The molecule has 3 atom stereocenters. The summed E-state index contributed by atoms with van der Waals surface area (Å²) in [6, 6.07) is 12.0. The molecule has 124 valence electrons. The average Bonchev–Trinajstić information content (AvgIpc) is 3.18. The van der Waals surface area contributed by atoms with Gasteiger partial charge in [0.2, 0.25) is 5.82 Å². The Kier molecular flexibility index (Phi) is 4.65. The van der Waals surface area contributed by atoms with Crippen LogP contribution in [0.1, 0.15) is 20.3 Å². The molecule has 1 aromatic heterocycles. The highest BCUT2D eigenvalue weighted by Gasteiger charge is 2.52. The Morgan fingerprint density at radius 1 is 1.42 bits per heavy atom. The van der Waals surface area contributed by atoms with Crippen LogP contribution in [-0.4, -0.2) is 30.1 Å². The van der Waals surface area contributed by atoms with Gasteiger partial charge in [-0.05, 0) is 6.92 Å². The van der Waals surface area contributed by atoms with Crippen molar-refractivity contribution >= 4 is 23.2 Å². The van der Waals surface area contributed by atoms with Crippen LogP contribution >= 0.6 is 11.3 Å². The molecule has 0 bridgehead atoms. The van der Waals surface area contributed by atoms with E-state index in [4.69, 9.17) is 10.2 Å². The molecular weight excluding hydrogens is 320 g/mol. The van der Waals surface area contributed by atoms with E-state index in [0.717, 1.165) is 29.4 Å². The van der Waals surface area contributed by atoms with Gasteiger partial charge >= 0.3 is 6.03 Å². The molecule has 24 heavy (non-hydrogen) atoms. The van der Waals surface area contributed by atoms with Gasteiger partial charge in [-0.15, -0.1) is 11.3 Å². The fourth-order valence-corrected chi connectivity index (χ4v) is 4.51. The Hall–Kier alpha value is -2.23. The smallest absolute Gasteiger partial charge is 0.292 e. The first kappa shape index (κ1) is 16.6. The summed E-state index contributed by atoms with van der Waals surface area (Å²) in [5.74, 6) is 1.22. The molecule has 1 aliphatic heterocycles. The van der Waals surface area contributed by atoms with Crippen molar-refractivity contribution in [3.05, 3.63) is 35.7 Å². The second kappa shape index (κ2) is 6.71. The maximum Gasteiger partial charge on any atom is 0.424 e. The Morgan fingerprint density at radius 2 is 2.17 bits per heavy atom. The lowest BCUT2D eigenvalue weighted by molar-refractivity contribution is 0.195. The standard InChI is InChI=1S/C18H20N4OS/c1-13-10-14(2)22(11-13,18(23)20-9-8-19)16-12-24-17(21-16)15-6-4-3-5-7-15/h3-7,12-14H,9-11H2,1-2H3/p+1/t13-,14?,22?/m0/s1. The van der Waals surface area contributed by atoms with Crippen molar-refractivity contribution in [3.8, 4) is 16.6 Å². The van der Waals surface area contributed by atoms with Crippen LogP contribution < -0.4 is 9.80 Å². The maximum atomic E-state index is 12.9. The van der Waals surface area contributed by atoms with Crippen molar-refractivity contribution in [2.45, 2.75) is 26.3 Å². The lowest BCUT2D eigenvalue weighted by Gasteiger charge is -2.32. The topological polar surface area (TPSA) is 65.8 Å². The Bertz CT molecular complexity index is 767. The zero-order valence-electron chi connectivity index (χ0n) is 13.9. The van der Waals surface area contributed by atoms with Gasteiger partial charge in [-0.1, -0.05) is 37.3 Å². The lowest BCUT2D eigenvalue weighted by Crippen LogP contribution is -2.61. The molecule has 1 N–H and O–H groups in total. The van der Waals surface area contributed by atoms with Crippen LogP contribution in [-0.2, 0) is 0 Å². The number of nitrogens with zero attached hydrogens (tertiary/aromatic N) is 3. The van der Waals surface area contributed by atoms with Crippen LogP contribution in [0.3, 0.4) is 0 Å². The summed E-state index contributed by atoms with van der Waals surface area (Å²) in [5.41, 5.74) is 1.06. The third-order valence-corrected chi connectivity index (χ3v) is 5.58. The number of hydrogen-bond donors (Lipinski definition) is 1. The summed E-state index contributed by atoms with van der Waals surface area (Å²) in [4.78, 5) is 17.7. The van der Waals surface area contributed by atoms with Gasteiger partial charge in [0.15, 0.2) is 0 Å². The summed E-state index contributed by atoms with van der Waals surface area (Å²) in [7, 11) is 0. The quantitative estimate of drug-likeness (QED) is 0.682. The fraction of sp³-hybridized carbons (Fsp3) is 0.389. The van der Waals surface area contributed by atoms with Crippen LogP contribution in [0.5, 0.6) is 0 Å². The molecule has 2 aromatic rings. The van der Waals surface area contributed by atoms with E-state index in [1.807, 2.05) is 41.8 Å². The van der Waals surface area contributed by atoms with Crippen molar-refractivity contribution in [2.75, 3.05) is 13.1 Å². The molecule has 0 aliphatic carbocycles. The third kappa shape index (κ3) is 2.81. The molecule has 1 aliphatic rings. The second-order valence-electron chi connectivity index (χ2n) is 6.43. The van der Waals surface area contributed by atoms with Gasteiger partial charge in [0.05, 0.1) is 18.0 Å². The van der Waals surface area contributed by atoms with Gasteiger partial charge in [-0.25, -0.2) is 4.79 Å². The molecule has 2 unspecified atom stereocenters. The molecule has 0 radical (unpaired) electrons. The maximum absolute atomic E-state index is 12.9. The summed E-state index contributed by atoms with van der Waals surface area (Å²) < 4.78 is 0.187. The highest BCUT2D eigenvalue weighted by molar-refractivity contribution is 7.13. The van der Waals surface area contributed by atoms with Gasteiger partial charge < -0.3 is 0 Å². The number of amides is 2. The van der Waals surface area contributed by atoms with Crippen molar-refractivity contribution < 1.29 is 4.79 Å². The van der Waals surface area contributed by atoms with Crippen molar-refractivity contribution in [3.63, 3.8) is 0 Å². The first-order chi connectivity index (χ1) is 11.6. The van der Waals surface area contributed by atoms with E-state index < -0.39 is 0 Å². The monoisotopic (exact) mass is 341 g/mol. The highest BCUT2D eigenvalue weighted by Crippen LogP contribution is 2.39. The number of carbonyl (C=O) groups is 1. The number of benzene rings is 1. The normalized spacial score (nSPS) is 26.0. The minimum atomic E-state index is -0.127. The molecule has 2 heterocycles. The van der Waals surface area contributed by atoms with E-state index >= 15 is 0 Å². The average molecular weight is 341 g/mol. The van der Waals surface area contributed by atoms with Crippen molar-refractivity contribution in [1.29, 1.82) is 5.26 Å². The van der Waals surface area contributed by atoms with Gasteiger partial charge in [-0.2, -0.15) is 14.7 Å². The number of quaternary nitrogens is 1. The van der Waals surface area contributed by atoms with Crippen LogP contribution in [0.2, 0.25) is 0 Å². The zero-order chi connectivity index (χ0) is 17.2. The van der Waals surface area contributed by atoms with Gasteiger partial charge in [0.25, 0.3) is 0 Å². The summed E-state index contributed by atoms with van der Waals surface area (Å²) in [5, 5.41) is 14.5. The number of carbonyl (C=O) groups excluding carboxylic acids is 1. The number of nitrogens with one attached hydrogen (secondary N) is 1. The van der Waals surface area contributed by atoms with Crippen molar-refractivity contribution in [2.24, 2.45) is 5.92 Å². The lowest BCUT2D eigenvalue weighted by atomic mass is 10.1. The minimum Gasteiger partial charge on any atom is -0.292 e. The first-order valence-corrected chi connectivity index (χ1v) is 9.00. The molecule has 5 nitrogen and oxygen atoms in total. The minimum absolute atomic E-state index is 0.0234. The summed E-state index contributed by atoms with van der Waals surface area (Å²) in [6.07, 6.45) is 0.970. The fourth-order valence-electron chi connectivity index (χ4n) is 3.63. The highest BCUT2D eigenvalue weighted by atomic mass is 32.1. The zero-order valence-corrected chi connectivity index (χ0v) is 14.7. The molecule has 1 aromatic carbocycles. The van der Waals surface area contributed by atoms with Crippen LogP contribution in [0.4, 0.5) is 10.6 Å². The van der Waals surface area contributed by atoms with E-state index in [0.29, 0.717) is 5.92 Å². The molecule has 1 saturated heterocycles. The van der Waals surface area contributed by atoms with Gasteiger partial charge in [0, 0.05) is 17.9 Å². The number of thiazole rings is 1. The van der Waals surface area contributed by atoms with Crippen molar-refractivity contribution in [1.82, 2.24) is 14.8 Å². The molecule has 0 spiro atoms. The van der Waals surface area contributed by atoms with Crippen LogP contribution in [0, 0.1) is 17.2 Å². The molecule has 6 heteroatoms. The largest absolute Gasteiger partial charge is 0.424 e. The Morgan fingerprint density at radius 3 is 2.79 bits per heavy atom. The van der Waals surface area contributed by atoms with E-state index in [1.165, 1.54) is 0 Å². The molecular formula is C18H21N4OS+. The molecule has 2 amide bonds. The number of aromatic nitrogens is 1. The van der Waals surface area contributed by atoms with E-state index in [2.05, 4.69) is 19.2 Å². The molecule has 3 rings (SSSR count). The van der Waals surface area contributed by atoms with E-state index in [1.54, 1.807) is 11.3 Å². The number of rotatable bonds is 3. The van der Waals surface area contributed by atoms with E-state index in [-0.39, 0.29) is 23.1 Å². The number of hydrogen-bond acceptors (Lipinski definition) is 4. The molecule has 1 fully saturated rings. The van der Waals surface area contributed by atoms with Crippen LogP contribution in [0.15, 0.2) is 35.7 Å². The van der Waals surface area contributed by atoms with E-state index in [9.17, 15) is 4.79 Å². The van der Waals surface area contributed by atoms with Gasteiger partial charge in [-0.3, -0.25) is 5.32 Å².